The normalized spacial score (nSPS) is 13.8. The molecule has 17 nitrogen and oxygen atoms in total. The number of esters is 4. The summed E-state index contributed by atoms with van der Waals surface area (Å²) in [5.74, 6) is -1.28. The third kappa shape index (κ3) is 78.2. The Bertz CT molecular complexity index is 1980. The predicted molar refractivity (Wildman–Crippen MR) is 428 cm³/mol. The number of aliphatic hydroxyl groups excluding tert-OH is 1. The lowest BCUT2D eigenvalue weighted by Crippen LogP contribution is -2.30. The van der Waals surface area contributed by atoms with Gasteiger partial charge in [-0.1, -0.05) is 407 Å². The summed E-state index contributed by atoms with van der Waals surface area (Å²) >= 11 is 0. The highest BCUT2D eigenvalue weighted by Crippen LogP contribution is 2.45. The summed E-state index contributed by atoms with van der Waals surface area (Å²) in [5, 5.41) is 10.7. The standard InChI is InChI=1S/C85H166O17P2/c1-6-9-12-15-18-21-24-27-28-29-33-36-40-44-49-54-59-64-69-83(88)96-75-81(102-85(90)71-66-61-56-51-46-41-37-34-31-30-32-35-39-42-47-52-57-62-67-78(4)5)77-100-104(93,94)98-73-79(86)72-97-103(91,92)99-76-80(74-95-82(87)68-63-58-53-48-43-26-23-20-17-14-11-8-3)101-84(89)70-65-60-55-50-45-38-25-22-19-16-13-10-7-2/h78-81,86H,6-77H2,1-5H3,(H,91,92)(H,93,94)/t79-,80+,81+/m0/s1. The van der Waals surface area contributed by atoms with Gasteiger partial charge in [-0.3, -0.25) is 37.3 Å². The van der Waals surface area contributed by atoms with Crippen molar-refractivity contribution >= 4 is 39.5 Å². The van der Waals surface area contributed by atoms with Crippen molar-refractivity contribution in [3.8, 4) is 0 Å². The second-order valence-electron chi connectivity index (χ2n) is 31.1. The van der Waals surface area contributed by atoms with Crippen LogP contribution in [0.3, 0.4) is 0 Å². The van der Waals surface area contributed by atoms with Gasteiger partial charge in [-0.15, -0.1) is 0 Å². The van der Waals surface area contributed by atoms with Gasteiger partial charge in [-0.25, -0.2) is 9.13 Å². The van der Waals surface area contributed by atoms with Gasteiger partial charge >= 0.3 is 39.5 Å². The van der Waals surface area contributed by atoms with E-state index < -0.39 is 97.5 Å². The Kier molecular flexibility index (Phi) is 76.3. The zero-order valence-electron chi connectivity index (χ0n) is 68.2. The van der Waals surface area contributed by atoms with Crippen molar-refractivity contribution in [3.63, 3.8) is 0 Å². The van der Waals surface area contributed by atoms with Gasteiger partial charge in [0.2, 0.25) is 0 Å². The minimum atomic E-state index is -4.96. The number of rotatable bonds is 85. The summed E-state index contributed by atoms with van der Waals surface area (Å²) in [5.41, 5.74) is 0. The topological polar surface area (TPSA) is 237 Å². The van der Waals surface area contributed by atoms with Gasteiger partial charge in [0.05, 0.1) is 26.4 Å². The number of carbonyl (C=O) groups excluding carboxylic acids is 4. The summed E-state index contributed by atoms with van der Waals surface area (Å²) in [7, 11) is -9.92. The molecule has 0 aliphatic carbocycles. The van der Waals surface area contributed by atoms with E-state index in [1.54, 1.807) is 0 Å². The number of ether oxygens (including phenoxy) is 4. The van der Waals surface area contributed by atoms with Crippen molar-refractivity contribution < 1.29 is 80.2 Å². The van der Waals surface area contributed by atoms with Crippen molar-refractivity contribution in [3.05, 3.63) is 0 Å². The lowest BCUT2D eigenvalue weighted by molar-refractivity contribution is -0.161. The maximum atomic E-state index is 13.1. The highest BCUT2D eigenvalue weighted by Gasteiger charge is 2.30. The number of hydrogen-bond acceptors (Lipinski definition) is 15. The number of phosphoric acid groups is 2. The zero-order valence-corrected chi connectivity index (χ0v) is 70.0. The van der Waals surface area contributed by atoms with Gasteiger partial charge in [0.15, 0.2) is 12.2 Å². The summed E-state index contributed by atoms with van der Waals surface area (Å²) in [4.78, 5) is 73.2. The van der Waals surface area contributed by atoms with E-state index in [2.05, 4.69) is 34.6 Å². The highest BCUT2D eigenvalue weighted by atomic mass is 31.2. The molecule has 19 heteroatoms. The second kappa shape index (κ2) is 77.8. The molecule has 0 rings (SSSR count). The molecule has 0 saturated heterocycles. The maximum Gasteiger partial charge on any atom is 0.472 e. The monoisotopic (exact) mass is 1520 g/mol. The molecule has 0 aliphatic heterocycles. The predicted octanol–water partition coefficient (Wildman–Crippen LogP) is 26.0. The quantitative estimate of drug-likeness (QED) is 0.0222. The Labute approximate surface area is 638 Å². The van der Waals surface area contributed by atoms with E-state index in [1.807, 2.05) is 0 Å². The van der Waals surface area contributed by atoms with Crippen LogP contribution in [-0.4, -0.2) is 96.7 Å². The molecule has 0 bridgehead atoms. The van der Waals surface area contributed by atoms with E-state index in [0.29, 0.717) is 25.7 Å². The molecule has 618 valence electrons. The van der Waals surface area contributed by atoms with Crippen LogP contribution in [0.2, 0.25) is 0 Å². The average molecular weight is 1520 g/mol. The van der Waals surface area contributed by atoms with Crippen molar-refractivity contribution in [2.45, 2.75) is 477 Å². The Morgan fingerprint density at radius 3 is 0.654 bits per heavy atom. The molecular formula is C85H166O17P2. The van der Waals surface area contributed by atoms with E-state index in [-0.39, 0.29) is 25.7 Å². The minimum absolute atomic E-state index is 0.109. The highest BCUT2D eigenvalue weighted by molar-refractivity contribution is 7.47. The SMILES string of the molecule is CCCCCCCCCCCCCCCCCCCCC(=O)OC[C@H](COP(=O)(O)OC[C@@H](O)COP(=O)(O)OC[C@@H](COC(=O)CCCCCCCCCCCCCC)OC(=O)CCCCCCCCCCCCCCC)OC(=O)CCCCCCCCCCCCCCCCCCCCC(C)C. The summed E-state index contributed by atoms with van der Waals surface area (Å²) in [6.07, 6.45) is 70.7. The summed E-state index contributed by atoms with van der Waals surface area (Å²) < 4.78 is 68.9. The number of carbonyl (C=O) groups is 4. The van der Waals surface area contributed by atoms with Crippen LogP contribution in [0.4, 0.5) is 0 Å². The van der Waals surface area contributed by atoms with Crippen molar-refractivity contribution in [1.82, 2.24) is 0 Å². The van der Waals surface area contributed by atoms with Crippen LogP contribution in [0.25, 0.3) is 0 Å². The second-order valence-corrected chi connectivity index (χ2v) is 34.0. The van der Waals surface area contributed by atoms with Gasteiger partial charge < -0.3 is 33.8 Å². The Morgan fingerprint density at radius 1 is 0.260 bits per heavy atom. The van der Waals surface area contributed by atoms with Gasteiger partial charge in [-0.2, -0.15) is 0 Å². The molecule has 0 saturated carbocycles. The number of phosphoric ester groups is 2. The average Bonchev–Trinajstić information content (AvgIpc) is 0.923. The summed E-state index contributed by atoms with van der Waals surface area (Å²) in [6, 6.07) is 0. The molecule has 0 aromatic heterocycles. The van der Waals surface area contributed by atoms with Crippen LogP contribution in [0, 0.1) is 5.92 Å². The molecule has 3 N–H and O–H groups in total. The third-order valence-corrected chi connectivity index (χ3v) is 21.9. The van der Waals surface area contributed by atoms with E-state index in [9.17, 15) is 43.2 Å². The van der Waals surface area contributed by atoms with Gasteiger partial charge in [-0.05, 0) is 31.6 Å². The van der Waals surface area contributed by atoms with Crippen LogP contribution >= 0.6 is 15.6 Å². The van der Waals surface area contributed by atoms with Gasteiger partial charge in [0.1, 0.15) is 19.3 Å². The Morgan fingerprint density at radius 2 is 0.442 bits per heavy atom. The molecule has 2 unspecified atom stereocenters. The lowest BCUT2D eigenvalue weighted by Gasteiger charge is -2.21. The molecule has 0 heterocycles. The smallest absolute Gasteiger partial charge is 0.462 e. The molecule has 0 aliphatic rings. The number of aliphatic hydroxyl groups is 1. The first kappa shape index (κ1) is 102. The summed E-state index contributed by atoms with van der Waals surface area (Å²) in [6.45, 7) is 7.40. The molecule has 0 radical (unpaired) electrons. The third-order valence-electron chi connectivity index (χ3n) is 20.0. The molecular weight excluding hydrogens is 1350 g/mol. The largest absolute Gasteiger partial charge is 0.472 e. The van der Waals surface area contributed by atoms with Gasteiger partial charge in [0, 0.05) is 25.7 Å². The molecule has 5 atom stereocenters. The van der Waals surface area contributed by atoms with E-state index in [0.717, 1.165) is 95.8 Å². The first-order valence-electron chi connectivity index (χ1n) is 44.1. The van der Waals surface area contributed by atoms with E-state index >= 15 is 0 Å². The fraction of sp³-hybridized carbons (Fsp3) is 0.953. The van der Waals surface area contributed by atoms with Crippen LogP contribution in [0.15, 0.2) is 0 Å². The molecule has 0 spiro atoms. The van der Waals surface area contributed by atoms with Crippen molar-refractivity contribution in [2.75, 3.05) is 39.6 Å². The van der Waals surface area contributed by atoms with Gasteiger partial charge in [0.25, 0.3) is 0 Å². The molecule has 104 heavy (non-hydrogen) atoms. The van der Waals surface area contributed by atoms with Crippen molar-refractivity contribution in [2.24, 2.45) is 5.92 Å². The minimum Gasteiger partial charge on any atom is -0.462 e. The van der Waals surface area contributed by atoms with Crippen LogP contribution in [0.5, 0.6) is 0 Å². The molecule has 0 amide bonds. The first-order valence-corrected chi connectivity index (χ1v) is 47.1. The van der Waals surface area contributed by atoms with Crippen LogP contribution in [0.1, 0.15) is 458 Å². The maximum absolute atomic E-state index is 13.1. The Balaban J connectivity index is 5.23. The lowest BCUT2D eigenvalue weighted by atomic mass is 10.0. The van der Waals surface area contributed by atoms with Crippen LogP contribution in [-0.2, 0) is 65.4 Å². The fourth-order valence-electron chi connectivity index (χ4n) is 13.3. The first-order chi connectivity index (χ1) is 50.5. The molecule has 0 fully saturated rings. The number of unbranched alkanes of at least 4 members (excludes halogenated alkanes) is 57. The molecule has 0 aromatic carbocycles. The van der Waals surface area contributed by atoms with E-state index in [4.69, 9.17) is 37.0 Å². The van der Waals surface area contributed by atoms with E-state index in [1.165, 1.54) is 283 Å². The van der Waals surface area contributed by atoms with Crippen molar-refractivity contribution in [1.29, 1.82) is 0 Å². The van der Waals surface area contributed by atoms with Crippen LogP contribution < -0.4 is 0 Å². The molecule has 0 aromatic rings. The Hall–Kier alpha value is -1.94. The zero-order chi connectivity index (χ0) is 76.2. The number of hydrogen-bond donors (Lipinski definition) is 3. The fourth-order valence-corrected chi connectivity index (χ4v) is 14.9.